The van der Waals surface area contributed by atoms with Crippen LogP contribution in [0.2, 0.25) is 0 Å². The Morgan fingerprint density at radius 3 is 2.67 bits per heavy atom. The van der Waals surface area contributed by atoms with Gasteiger partial charge >= 0.3 is 0 Å². The van der Waals surface area contributed by atoms with Crippen LogP contribution in [0.25, 0.3) is 10.8 Å². The van der Waals surface area contributed by atoms with Crippen LogP contribution in [0.15, 0.2) is 46.9 Å². The predicted molar refractivity (Wildman–Crippen MR) is 93.6 cm³/mol. The zero-order valence-corrected chi connectivity index (χ0v) is 14.5. The van der Waals surface area contributed by atoms with Crippen LogP contribution in [0.5, 0.6) is 0 Å². The molecule has 0 saturated carbocycles. The molecule has 0 fully saturated rings. The molecule has 1 amide bonds. The quantitative estimate of drug-likeness (QED) is 0.686. The molecule has 2 heterocycles. The first-order valence-electron chi connectivity index (χ1n) is 7.79. The Bertz CT molecular complexity index is 811. The molecule has 1 aromatic carbocycles. The van der Waals surface area contributed by atoms with E-state index in [9.17, 15) is 4.79 Å². The molecule has 2 aromatic heterocycles. The van der Waals surface area contributed by atoms with E-state index >= 15 is 0 Å². The maximum Gasteiger partial charge on any atom is 0.257 e. The van der Waals surface area contributed by atoms with Crippen LogP contribution >= 0.6 is 11.3 Å². The fourth-order valence-electron chi connectivity index (χ4n) is 2.35. The average molecular weight is 341 g/mol. The van der Waals surface area contributed by atoms with Crippen molar-refractivity contribution in [1.82, 2.24) is 15.1 Å². The highest BCUT2D eigenvalue weighted by Gasteiger charge is 2.14. The first-order valence-corrected chi connectivity index (χ1v) is 8.60. The van der Waals surface area contributed by atoms with Crippen molar-refractivity contribution in [3.05, 3.63) is 58.8 Å². The van der Waals surface area contributed by atoms with Crippen molar-refractivity contribution in [2.75, 3.05) is 7.05 Å². The minimum atomic E-state index is 0.0607. The van der Waals surface area contributed by atoms with Crippen molar-refractivity contribution in [3.8, 4) is 10.8 Å². The molecule has 0 aliphatic heterocycles. The van der Waals surface area contributed by atoms with Crippen molar-refractivity contribution in [1.29, 1.82) is 0 Å². The maximum absolute atomic E-state index is 12.2. The van der Waals surface area contributed by atoms with E-state index in [1.54, 1.807) is 16.2 Å². The van der Waals surface area contributed by atoms with E-state index in [1.165, 1.54) is 4.88 Å². The summed E-state index contributed by atoms with van der Waals surface area (Å²) in [6.07, 6.45) is 0.809. The lowest BCUT2D eigenvalue weighted by Crippen LogP contribution is -2.26. The van der Waals surface area contributed by atoms with Crippen LogP contribution in [0.4, 0.5) is 0 Å². The molecule has 124 valence electrons. The summed E-state index contributed by atoms with van der Waals surface area (Å²) in [5, 5.41) is 8.10. The van der Waals surface area contributed by atoms with Crippen LogP contribution in [0.1, 0.15) is 22.8 Å². The third kappa shape index (κ3) is 4.08. The van der Waals surface area contributed by atoms with Crippen molar-refractivity contribution < 1.29 is 9.21 Å². The molecule has 0 saturated heterocycles. The first kappa shape index (κ1) is 16.4. The number of thiophene rings is 1. The van der Waals surface area contributed by atoms with Gasteiger partial charge in [-0.2, -0.15) is 0 Å². The zero-order chi connectivity index (χ0) is 16.9. The number of rotatable bonds is 6. The number of benzene rings is 1. The van der Waals surface area contributed by atoms with Gasteiger partial charge in [0.05, 0.1) is 4.88 Å². The van der Waals surface area contributed by atoms with Gasteiger partial charge in [-0.05, 0) is 24.6 Å². The molecule has 0 radical (unpaired) electrons. The van der Waals surface area contributed by atoms with Crippen molar-refractivity contribution >= 4 is 17.2 Å². The molecule has 3 rings (SSSR count). The molecule has 3 aromatic rings. The fourth-order valence-corrected chi connectivity index (χ4v) is 3.14. The minimum absolute atomic E-state index is 0.0607. The van der Waals surface area contributed by atoms with Gasteiger partial charge in [0.15, 0.2) is 0 Å². The Hall–Kier alpha value is -2.47. The Kier molecular flexibility index (Phi) is 5.05. The molecular formula is C18H19N3O2S. The molecule has 0 aliphatic carbocycles. The molecular weight excluding hydrogens is 322 g/mol. The van der Waals surface area contributed by atoms with Gasteiger partial charge in [-0.25, -0.2) is 0 Å². The summed E-state index contributed by atoms with van der Waals surface area (Å²) >= 11 is 1.61. The van der Waals surface area contributed by atoms with Crippen LogP contribution in [0.3, 0.4) is 0 Å². The van der Waals surface area contributed by atoms with Gasteiger partial charge in [-0.15, -0.1) is 21.5 Å². The molecule has 0 bridgehead atoms. The van der Waals surface area contributed by atoms with E-state index in [0.29, 0.717) is 31.2 Å². The van der Waals surface area contributed by atoms with Crippen molar-refractivity contribution in [3.63, 3.8) is 0 Å². The highest BCUT2D eigenvalue weighted by molar-refractivity contribution is 7.15. The minimum Gasteiger partial charge on any atom is -0.420 e. The zero-order valence-electron chi connectivity index (χ0n) is 13.7. The predicted octanol–water partition coefficient (Wildman–Crippen LogP) is 3.70. The van der Waals surface area contributed by atoms with Crippen LogP contribution in [-0.2, 0) is 17.8 Å². The molecule has 6 heteroatoms. The third-order valence-corrected chi connectivity index (χ3v) is 4.65. The Balaban J connectivity index is 1.53. The number of carbonyl (C=O) groups is 1. The summed E-state index contributed by atoms with van der Waals surface area (Å²) in [6.45, 7) is 2.63. The first-order chi connectivity index (χ1) is 11.6. The SMILES string of the molecule is Cc1ccc(-c2nnc(CCC(=O)N(C)Cc3ccccc3)o2)s1. The smallest absolute Gasteiger partial charge is 0.257 e. The maximum atomic E-state index is 12.2. The van der Waals surface area contributed by atoms with E-state index in [1.807, 2.05) is 56.4 Å². The summed E-state index contributed by atoms with van der Waals surface area (Å²) < 4.78 is 5.65. The monoisotopic (exact) mass is 341 g/mol. The number of amides is 1. The van der Waals surface area contributed by atoms with Crippen LogP contribution in [-0.4, -0.2) is 28.1 Å². The summed E-state index contributed by atoms with van der Waals surface area (Å²) in [4.78, 5) is 16.1. The summed E-state index contributed by atoms with van der Waals surface area (Å²) in [5.74, 6) is 1.08. The van der Waals surface area contributed by atoms with Crippen LogP contribution < -0.4 is 0 Å². The van der Waals surface area contributed by atoms with E-state index < -0.39 is 0 Å². The highest BCUT2D eigenvalue weighted by Crippen LogP contribution is 2.26. The van der Waals surface area contributed by atoms with Crippen LogP contribution in [0, 0.1) is 6.92 Å². The molecule has 24 heavy (non-hydrogen) atoms. The number of carbonyl (C=O) groups excluding carboxylic acids is 1. The summed E-state index contributed by atoms with van der Waals surface area (Å²) in [6, 6.07) is 13.9. The van der Waals surface area contributed by atoms with Gasteiger partial charge in [-0.3, -0.25) is 4.79 Å². The summed E-state index contributed by atoms with van der Waals surface area (Å²) in [5.41, 5.74) is 1.11. The number of nitrogens with zero attached hydrogens (tertiary/aromatic N) is 3. The number of aromatic nitrogens is 2. The topological polar surface area (TPSA) is 59.2 Å². The molecule has 0 unspecified atom stereocenters. The van der Waals surface area contributed by atoms with Gasteiger partial charge in [0, 0.05) is 31.3 Å². The second kappa shape index (κ2) is 7.40. The largest absolute Gasteiger partial charge is 0.420 e. The van der Waals surface area contributed by atoms with Crippen molar-refractivity contribution in [2.24, 2.45) is 0 Å². The van der Waals surface area contributed by atoms with E-state index in [-0.39, 0.29) is 5.91 Å². The number of hydrogen-bond acceptors (Lipinski definition) is 5. The Morgan fingerprint density at radius 2 is 1.96 bits per heavy atom. The van der Waals surface area contributed by atoms with Crippen molar-refractivity contribution in [2.45, 2.75) is 26.3 Å². The van der Waals surface area contributed by atoms with E-state index in [4.69, 9.17) is 4.42 Å². The number of hydrogen-bond donors (Lipinski definition) is 0. The van der Waals surface area contributed by atoms with E-state index in [2.05, 4.69) is 10.2 Å². The van der Waals surface area contributed by atoms with Gasteiger partial charge < -0.3 is 9.32 Å². The molecule has 0 aliphatic rings. The highest BCUT2D eigenvalue weighted by atomic mass is 32.1. The second-order valence-electron chi connectivity index (χ2n) is 5.65. The standard InChI is InChI=1S/C18H19N3O2S/c1-13-8-9-15(24-13)18-20-19-16(23-18)10-11-17(22)21(2)12-14-6-4-3-5-7-14/h3-9H,10-12H2,1-2H3. The van der Waals surface area contributed by atoms with Gasteiger partial charge in [0.25, 0.3) is 5.89 Å². The molecule has 0 N–H and O–H groups in total. The van der Waals surface area contributed by atoms with Gasteiger partial charge in [0.1, 0.15) is 0 Å². The lowest BCUT2D eigenvalue weighted by molar-refractivity contribution is -0.130. The number of aryl methyl sites for hydroxylation is 2. The Labute approximate surface area is 144 Å². The van der Waals surface area contributed by atoms with E-state index in [0.717, 1.165) is 10.4 Å². The average Bonchev–Trinajstić information content (AvgIpc) is 3.22. The summed E-state index contributed by atoms with van der Waals surface area (Å²) in [7, 11) is 1.81. The lowest BCUT2D eigenvalue weighted by Gasteiger charge is -2.16. The Morgan fingerprint density at radius 1 is 1.17 bits per heavy atom. The molecule has 0 atom stereocenters. The fraction of sp³-hybridized carbons (Fsp3) is 0.278. The normalized spacial score (nSPS) is 10.8. The molecule has 5 nitrogen and oxygen atoms in total. The van der Waals surface area contributed by atoms with Gasteiger partial charge in [0.2, 0.25) is 11.8 Å². The second-order valence-corrected chi connectivity index (χ2v) is 6.93. The molecule has 0 spiro atoms. The lowest BCUT2D eigenvalue weighted by atomic mass is 10.2. The third-order valence-electron chi connectivity index (χ3n) is 3.66. The van der Waals surface area contributed by atoms with Gasteiger partial charge in [-0.1, -0.05) is 30.3 Å².